The van der Waals surface area contributed by atoms with Crippen LogP contribution in [-0.2, 0) is 19.1 Å². The minimum absolute atomic E-state index is 0.161. The SMILES string of the molecule is Cc1cc(Br)c(C)c(NC=C2C(=O)OC(C)(C)OC2=O)c1. The summed E-state index contributed by atoms with van der Waals surface area (Å²) < 4.78 is 11.0. The molecule has 1 heterocycles. The van der Waals surface area contributed by atoms with Gasteiger partial charge in [-0.15, -0.1) is 0 Å². The summed E-state index contributed by atoms with van der Waals surface area (Å²) >= 11 is 3.46. The normalized spacial score (nSPS) is 17.1. The second-order valence-electron chi connectivity index (χ2n) is 5.30. The van der Waals surface area contributed by atoms with Crippen LogP contribution in [0.3, 0.4) is 0 Å². The molecule has 2 rings (SSSR count). The molecule has 0 saturated carbocycles. The van der Waals surface area contributed by atoms with Crippen LogP contribution in [0.4, 0.5) is 5.69 Å². The molecule has 1 saturated heterocycles. The van der Waals surface area contributed by atoms with E-state index < -0.39 is 17.7 Å². The monoisotopic (exact) mass is 353 g/mol. The second kappa shape index (κ2) is 5.52. The number of carbonyl (C=O) groups is 2. The molecule has 1 N–H and O–H groups in total. The van der Waals surface area contributed by atoms with E-state index in [1.165, 1.54) is 20.0 Å². The van der Waals surface area contributed by atoms with Crippen LogP contribution in [0.1, 0.15) is 25.0 Å². The maximum atomic E-state index is 11.8. The number of hydrogen-bond acceptors (Lipinski definition) is 5. The highest BCUT2D eigenvalue weighted by molar-refractivity contribution is 9.10. The first-order valence-electron chi connectivity index (χ1n) is 6.40. The van der Waals surface area contributed by atoms with E-state index in [0.29, 0.717) is 0 Å². The Kier molecular flexibility index (Phi) is 4.09. The molecule has 5 nitrogen and oxygen atoms in total. The molecule has 0 bridgehead atoms. The van der Waals surface area contributed by atoms with Gasteiger partial charge in [-0.25, -0.2) is 9.59 Å². The number of ether oxygens (including phenoxy) is 2. The maximum absolute atomic E-state index is 11.8. The fourth-order valence-corrected chi connectivity index (χ4v) is 2.47. The van der Waals surface area contributed by atoms with Gasteiger partial charge in [-0.3, -0.25) is 0 Å². The van der Waals surface area contributed by atoms with Crippen molar-refractivity contribution in [2.24, 2.45) is 0 Å². The summed E-state index contributed by atoms with van der Waals surface area (Å²) in [6, 6.07) is 3.90. The number of esters is 2. The van der Waals surface area contributed by atoms with Gasteiger partial charge in [0.25, 0.3) is 5.79 Å². The predicted molar refractivity (Wildman–Crippen MR) is 81.6 cm³/mol. The molecule has 0 aromatic heterocycles. The number of aryl methyl sites for hydroxylation is 1. The zero-order valence-electron chi connectivity index (χ0n) is 12.2. The highest BCUT2D eigenvalue weighted by Crippen LogP contribution is 2.27. The summed E-state index contributed by atoms with van der Waals surface area (Å²) in [4.78, 5) is 23.6. The highest BCUT2D eigenvalue weighted by atomic mass is 79.9. The molecule has 21 heavy (non-hydrogen) atoms. The first-order valence-corrected chi connectivity index (χ1v) is 7.19. The number of carbonyl (C=O) groups excluding carboxylic acids is 2. The average Bonchev–Trinajstić information content (AvgIpc) is 2.32. The summed E-state index contributed by atoms with van der Waals surface area (Å²) in [5.74, 6) is -2.63. The fourth-order valence-electron chi connectivity index (χ4n) is 1.89. The van der Waals surface area contributed by atoms with Gasteiger partial charge in [0, 0.05) is 30.2 Å². The quantitative estimate of drug-likeness (QED) is 0.502. The molecule has 1 fully saturated rings. The van der Waals surface area contributed by atoms with Crippen LogP contribution in [0.2, 0.25) is 0 Å². The van der Waals surface area contributed by atoms with Gasteiger partial charge >= 0.3 is 11.9 Å². The van der Waals surface area contributed by atoms with Gasteiger partial charge in [0.1, 0.15) is 0 Å². The Labute approximate surface area is 131 Å². The Morgan fingerprint density at radius 3 is 2.29 bits per heavy atom. The van der Waals surface area contributed by atoms with E-state index in [1.807, 2.05) is 26.0 Å². The number of hydrogen-bond donors (Lipinski definition) is 1. The zero-order valence-corrected chi connectivity index (χ0v) is 13.8. The number of anilines is 1. The molecule has 112 valence electrons. The van der Waals surface area contributed by atoms with Crippen LogP contribution in [0.5, 0.6) is 0 Å². The van der Waals surface area contributed by atoms with E-state index in [-0.39, 0.29) is 5.57 Å². The second-order valence-corrected chi connectivity index (χ2v) is 6.15. The molecule has 6 heteroatoms. The Hall–Kier alpha value is -1.82. The predicted octanol–water partition coefficient (Wildman–Crippen LogP) is 3.20. The molecule has 1 aliphatic rings. The van der Waals surface area contributed by atoms with Crippen molar-refractivity contribution in [3.8, 4) is 0 Å². The van der Waals surface area contributed by atoms with Crippen LogP contribution in [0, 0.1) is 13.8 Å². The van der Waals surface area contributed by atoms with E-state index >= 15 is 0 Å². The number of cyclic esters (lactones) is 2. The molecule has 1 aliphatic heterocycles. The number of halogens is 1. The lowest BCUT2D eigenvalue weighted by Crippen LogP contribution is -2.42. The van der Waals surface area contributed by atoms with E-state index in [0.717, 1.165) is 21.3 Å². The Bertz CT molecular complexity index is 627. The van der Waals surface area contributed by atoms with Crippen LogP contribution in [-0.4, -0.2) is 17.7 Å². The lowest BCUT2D eigenvalue weighted by atomic mass is 10.1. The molecule has 0 radical (unpaired) electrons. The Morgan fingerprint density at radius 1 is 1.14 bits per heavy atom. The molecule has 0 amide bonds. The first kappa shape index (κ1) is 15.6. The molecule has 1 aromatic rings. The van der Waals surface area contributed by atoms with Crippen molar-refractivity contribution in [1.82, 2.24) is 0 Å². The number of benzene rings is 1. The fraction of sp³-hybridized carbons (Fsp3) is 0.333. The lowest BCUT2D eigenvalue weighted by molar-refractivity contribution is -0.222. The van der Waals surface area contributed by atoms with Crippen LogP contribution in [0.15, 0.2) is 28.4 Å². The van der Waals surface area contributed by atoms with Gasteiger partial charge in [0.05, 0.1) is 0 Å². The largest absolute Gasteiger partial charge is 0.419 e. The van der Waals surface area contributed by atoms with Gasteiger partial charge in [0.15, 0.2) is 5.57 Å². The number of nitrogens with one attached hydrogen (secondary N) is 1. The summed E-state index contributed by atoms with van der Waals surface area (Å²) in [5, 5.41) is 2.96. The molecule has 1 aromatic carbocycles. The van der Waals surface area contributed by atoms with Gasteiger partial charge in [-0.2, -0.15) is 0 Å². The minimum atomic E-state index is -1.23. The summed E-state index contributed by atoms with van der Waals surface area (Å²) in [7, 11) is 0. The van der Waals surface area contributed by atoms with Crippen molar-refractivity contribution >= 4 is 33.6 Å². The van der Waals surface area contributed by atoms with E-state index in [1.54, 1.807) is 0 Å². The molecular formula is C15H16BrNO4. The molecule has 0 atom stereocenters. The van der Waals surface area contributed by atoms with Crippen molar-refractivity contribution in [2.75, 3.05) is 5.32 Å². The van der Waals surface area contributed by atoms with Gasteiger partial charge in [-0.05, 0) is 37.1 Å². The topological polar surface area (TPSA) is 64.6 Å². The molecule has 0 spiro atoms. The van der Waals surface area contributed by atoms with Crippen molar-refractivity contribution in [1.29, 1.82) is 0 Å². The summed E-state index contributed by atoms with van der Waals surface area (Å²) in [6.07, 6.45) is 1.31. The van der Waals surface area contributed by atoms with E-state index in [2.05, 4.69) is 21.2 Å². The number of rotatable bonds is 2. The van der Waals surface area contributed by atoms with Crippen molar-refractivity contribution < 1.29 is 19.1 Å². The third-order valence-corrected chi connectivity index (χ3v) is 3.80. The van der Waals surface area contributed by atoms with E-state index in [9.17, 15) is 9.59 Å². The molecular weight excluding hydrogens is 338 g/mol. The average molecular weight is 354 g/mol. The van der Waals surface area contributed by atoms with Crippen molar-refractivity contribution in [3.63, 3.8) is 0 Å². The van der Waals surface area contributed by atoms with Crippen LogP contribution >= 0.6 is 15.9 Å². The Balaban J connectivity index is 2.26. The van der Waals surface area contributed by atoms with Gasteiger partial charge < -0.3 is 14.8 Å². The van der Waals surface area contributed by atoms with Crippen LogP contribution < -0.4 is 5.32 Å². The van der Waals surface area contributed by atoms with Crippen molar-refractivity contribution in [3.05, 3.63) is 39.5 Å². The smallest absolute Gasteiger partial charge is 0.350 e. The summed E-state index contributed by atoms with van der Waals surface area (Å²) in [5.41, 5.74) is 2.64. The van der Waals surface area contributed by atoms with Crippen molar-refractivity contribution in [2.45, 2.75) is 33.5 Å². The standard InChI is InChI=1S/C15H16BrNO4/c1-8-5-11(16)9(2)12(6-8)17-7-10-13(18)20-15(3,4)21-14(10)19/h5-7,17H,1-4H3. The highest BCUT2D eigenvalue weighted by Gasteiger charge is 2.38. The third-order valence-electron chi connectivity index (χ3n) is 2.98. The maximum Gasteiger partial charge on any atom is 0.350 e. The lowest BCUT2D eigenvalue weighted by Gasteiger charge is -2.29. The summed E-state index contributed by atoms with van der Waals surface area (Å²) in [6.45, 7) is 6.89. The zero-order chi connectivity index (χ0) is 15.8. The molecule has 0 aliphatic carbocycles. The van der Waals surface area contributed by atoms with Gasteiger partial charge in [0.2, 0.25) is 0 Å². The van der Waals surface area contributed by atoms with E-state index in [4.69, 9.17) is 9.47 Å². The minimum Gasteiger partial charge on any atom is -0.419 e. The molecule has 0 unspecified atom stereocenters. The Morgan fingerprint density at radius 2 is 1.71 bits per heavy atom. The van der Waals surface area contributed by atoms with Gasteiger partial charge in [-0.1, -0.05) is 15.9 Å². The third kappa shape index (κ3) is 3.44. The van der Waals surface area contributed by atoms with Crippen LogP contribution in [0.25, 0.3) is 0 Å². The first-order chi connectivity index (χ1) is 9.69.